The number of allylic oxidation sites excluding steroid dienone is 1. The fourth-order valence-electron chi connectivity index (χ4n) is 4.61. The molecule has 8 nitrogen and oxygen atoms in total. The number of hydrogen-bond donors (Lipinski definition) is 2. The first kappa shape index (κ1) is 25.5. The summed E-state index contributed by atoms with van der Waals surface area (Å²) in [6, 6.07) is 13.8. The quantitative estimate of drug-likeness (QED) is 0.198. The molecule has 0 fully saturated rings. The summed E-state index contributed by atoms with van der Waals surface area (Å²) >= 11 is 1.64. The highest BCUT2D eigenvalue weighted by molar-refractivity contribution is 8.01. The van der Waals surface area contributed by atoms with Crippen LogP contribution in [0, 0.1) is 6.92 Å². The van der Waals surface area contributed by atoms with Crippen LogP contribution in [0.15, 0.2) is 64.2 Å². The molecule has 3 heterocycles. The fourth-order valence-corrected chi connectivity index (χ4v) is 5.17. The normalized spacial score (nSPS) is 14.1. The summed E-state index contributed by atoms with van der Waals surface area (Å²) in [6.45, 7) is 12.5. The summed E-state index contributed by atoms with van der Waals surface area (Å²) in [4.78, 5) is 27.6. The zero-order valence-electron chi connectivity index (χ0n) is 22.2. The molecule has 194 valence electrons. The number of nitrogens with one attached hydrogen (secondary N) is 2. The van der Waals surface area contributed by atoms with Crippen molar-refractivity contribution in [1.29, 1.82) is 0 Å². The molecular formula is C29H31N7OS. The molecule has 9 heteroatoms. The lowest BCUT2D eigenvalue weighted by Gasteiger charge is -2.17. The lowest BCUT2D eigenvalue weighted by Crippen LogP contribution is -2.23. The van der Waals surface area contributed by atoms with Crippen molar-refractivity contribution in [2.45, 2.75) is 39.5 Å². The maximum atomic E-state index is 13.5. The molecule has 0 saturated heterocycles. The molecule has 5 rings (SSSR count). The van der Waals surface area contributed by atoms with E-state index in [9.17, 15) is 4.79 Å². The van der Waals surface area contributed by atoms with Crippen molar-refractivity contribution in [3.8, 4) is 0 Å². The molecule has 1 aliphatic rings. The van der Waals surface area contributed by atoms with Crippen LogP contribution in [-0.2, 0) is 13.6 Å². The number of rotatable bonds is 8. The Morgan fingerprint density at radius 1 is 1.26 bits per heavy atom. The number of nitrogens with zero attached hydrogens (tertiary/aromatic N) is 5. The second-order valence-corrected chi connectivity index (χ2v) is 11.0. The molecule has 0 spiro atoms. The minimum absolute atomic E-state index is 0.00609. The third kappa shape index (κ3) is 4.65. The number of fused-ring (bicyclic) bond motifs is 2. The number of aryl methyl sites for hydroxylation is 2. The van der Waals surface area contributed by atoms with Gasteiger partial charge in [-0.2, -0.15) is 5.10 Å². The highest BCUT2D eigenvalue weighted by atomic mass is 32.2. The van der Waals surface area contributed by atoms with Gasteiger partial charge in [0.05, 0.1) is 23.4 Å². The summed E-state index contributed by atoms with van der Waals surface area (Å²) in [7, 11) is 1.89. The van der Waals surface area contributed by atoms with Crippen molar-refractivity contribution >= 4 is 64.6 Å². The number of aromatic amines is 1. The lowest BCUT2D eigenvalue weighted by molar-refractivity contribution is 0.0997. The number of amides is 1. The Hall–Kier alpha value is -4.11. The molecule has 0 aliphatic carbocycles. The van der Waals surface area contributed by atoms with Crippen LogP contribution < -0.4 is 9.62 Å². The van der Waals surface area contributed by atoms with E-state index in [1.54, 1.807) is 22.8 Å². The van der Waals surface area contributed by atoms with E-state index in [4.69, 9.17) is 0 Å². The summed E-state index contributed by atoms with van der Waals surface area (Å²) in [5.41, 5.74) is 7.94. The number of anilines is 2. The monoisotopic (exact) mass is 525 g/mol. The second-order valence-electron chi connectivity index (χ2n) is 9.61. The average Bonchev–Trinajstić information content (AvgIpc) is 3.57. The first-order valence-electron chi connectivity index (χ1n) is 12.5. The minimum Gasteiger partial charge on any atom is -0.359 e. The molecule has 2 aromatic carbocycles. The Morgan fingerprint density at radius 3 is 2.76 bits per heavy atom. The topological polar surface area (TPSA) is 90.7 Å². The van der Waals surface area contributed by atoms with E-state index in [0.29, 0.717) is 17.6 Å². The number of benzene rings is 2. The number of aliphatic imine (C=N–C) groups is 2. The lowest BCUT2D eigenvalue weighted by atomic mass is 10.1. The van der Waals surface area contributed by atoms with Gasteiger partial charge in [-0.1, -0.05) is 32.0 Å². The molecule has 0 unspecified atom stereocenters. The van der Waals surface area contributed by atoms with Gasteiger partial charge in [-0.05, 0) is 56.3 Å². The summed E-state index contributed by atoms with van der Waals surface area (Å²) in [6.07, 6.45) is 3.68. The van der Waals surface area contributed by atoms with E-state index >= 15 is 0 Å². The third-order valence-corrected chi connectivity index (χ3v) is 7.44. The van der Waals surface area contributed by atoms with E-state index in [2.05, 4.69) is 45.4 Å². The molecule has 0 saturated carbocycles. The molecule has 0 radical (unpaired) electrons. The summed E-state index contributed by atoms with van der Waals surface area (Å²) < 4.78 is 5.22. The average molecular weight is 526 g/mol. The predicted molar refractivity (Wildman–Crippen MR) is 160 cm³/mol. The molecule has 2 aromatic heterocycles. The standard InChI is InChI=1S/C29H31N7OS/c1-17(2)38-34-24-11-7-10-21-23(24)16-36(29(21)37)25-12-8-9-20-22(15-32-28(20)25)27(30-5)18(3)14-31-26-13-19(4)35(6)33-26/h7-15,17,32,34H,5,16H2,1-4,6H3/b27-18-,31-14?. The van der Waals surface area contributed by atoms with Crippen LogP contribution in [0.3, 0.4) is 0 Å². The van der Waals surface area contributed by atoms with Gasteiger partial charge in [-0.3, -0.25) is 14.5 Å². The second kappa shape index (κ2) is 10.3. The Labute approximate surface area is 226 Å². The molecule has 0 bridgehead atoms. The molecular weight excluding hydrogens is 494 g/mol. The number of H-pyrrole nitrogens is 1. The Morgan fingerprint density at radius 2 is 2.05 bits per heavy atom. The maximum absolute atomic E-state index is 13.5. The van der Waals surface area contributed by atoms with Crippen molar-refractivity contribution < 1.29 is 4.79 Å². The molecule has 38 heavy (non-hydrogen) atoms. The first-order valence-corrected chi connectivity index (χ1v) is 13.3. The number of carbonyl (C=O) groups excluding carboxylic acids is 1. The van der Waals surface area contributed by atoms with Gasteiger partial charge in [0.1, 0.15) is 0 Å². The van der Waals surface area contributed by atoms with E-state index in [1.165, 1.54) is 0 Å². The minimum atomic E-state index is -0.00609. The number of carbonyl (C=O) groups is 1. The van der Waals surface area contributed by atoms with E-state index in [-0.39, 0.29) is 5.91 Å². The van der Waals surface area contributed by atoms with Crippen LogP contribution in [-0.4, -0.2) is 38.9 Å². The molecule has 4 aromatic rings. The van der Waals surface area contributed by atoms with Crippen molar-refractivity contribution in [1.82, 2.24) is 14.8 Å². The molecule has 2 N–H and O–H groups in total. The Kier molecular flexibility index (Phi) is 6.94. The van der Waals surface area contributed by atoms with Crippen molar-refractivity contribution in [2.75, 3.05) is 9.62 Å². The molecule has 0 atom stereocenters. The van der Waals surface area contributed by atoms with E-state index in [0.717, 1.165) is 55.9 Å². The number of para-hydroxylation sites is 1. The summed E-state index contributed by atoms with van der Waals surface area (Å²) in [5, 5.41) is 5.77. The Balaban J connectivity index is 1.49. The van der Waals surface area contributed by atoms with Crippen molar-refractivity contribution in [3.63, 3.8) is 0 Å². The van der Waals surface area contributed by atoms with Crippen molar-refractivity contribution in [2.24, 2.45) is 17.0 Å². The Bertz CT molecular complexity index is 1590. The zero-order valence-corrected chi connectivity index (χ0v) is 23.1. The van der Waals surface area contributed by atoms with Gasteiger partial charge in [-0.15, -0.1) is 0 Å². The fraction of sp³-hybridized carbons (Fsp3) is 0.241. The van der Waals surface area contributed by atoms with Crippen LogP contribution in [0.2, 0.25) is 0 Å². The first-order chi connectivity index (χ1) is 18.3. The number of hydrogen-bond acceptors (Lipinski definition) is 6. The highest BCUT2D eigenvalue weighted by Crippen LogP contribution is 2.38. The van der Waals surface area contributed by atoms with Gasteiger partial charge in [0.15, 0.2) is 5.82 Å². The SMILES string of the molecule is C=N/C(=C(/C)C=Nc1cc(C)n(C)n1)c1c[nH]c2c(N3Cc4c(NSC(C)C)cccc4C3=O)cccc12. The highest BCUT2D eigenvalue weighted by Gasteiger charge is 2.32. The van der Waals surface area contributed by atoms with Gasteiger partial charge in [0.25, 0.3) is 5.91 Å². The summed E-state index contributed by atoms with van der Waals surface area (Å²) in [5.74, 6) is 0.634. The predicted octanol–water partition coefficient (Wildman–Crippen LogP) is 6.67. The largest absolute Gasteiger partial charge is 0.359 e. The van der Waals surface area contributed by atoms with Crippen LogP contribution in [0.25, 0.3) is 16.6 Å². The van der Waals surface area contributed by atoms with Crippen molar-refractivity contribution in [3.05, 3.63) is 76.6 Å². The van der Waals surface area contributed by atoms with Gasteiger partial charge in [0.2, 0.25) is 0 Å². The van der Waals surface area contributed by atoms with Gasteiger partial charge >= 0.3 is 0 Å². The van der Waals surface area contributed by atoms with Crippen LogP contribution in [0.5, 0.6) is 0 Å². The van der Waals surface area contributed by atoms with Crippen LogP contribution in [0.4, 0.5) is 17.2 Å². The zero-order chi connectivity index (χ0) is 27.0. The van der Waals surface area contributed by atoms with Gasteiger partial charge in [-0.25, -0.2) is 4.99 Å². The molecule has 1 amide bonds. The van der Waals surface area contributed by atoms with E-state index < -0.39 is 0 Å². The third-order valence-electron chi connectivity index (χ3n) is 6.63. The van der Waals surface area contributed by atoms with Crippen LogP contribution >= 0.6 is 11.9 Å². The smallest absolute Gasteiger partial charge is 0.259 e. The van der Waals surface area contributed by atoms with Gasteiger partial charge in [0, 0.05) is 64.2 Å². The van der Waals surface area contributed by atoms with E-state index in [1.807, 2.05) is 74.5 Å². The van der Waals surface area contributed by atoms with Gasteiger partial charge < -0.3 is 14.6 Å². The molecule has 1 aliphatic heterocycles. The van der Waals surface area contributed by atoms with Crippen LogP contribution in [0.1, 0.15) is 48.0 Å². The number of aromatic nitrogens is 3. The maximum Gasteiger partial charge on any atom is 0.259 e.